The molecule has 1 fully saturated rings. The van der Waals surface area contributed by atoms with Crippen LogP contribution in [0.5, 0.6) is 5.75 Å². The van der Waals surface area contributed by atoms with Crippen LogP contribution in [-0.2, 0) is 11.4 Å². The topological polar surface area (TPSA) is 29.5 Å². The summed E-state index contributed by atoms with van der Waals surface area (Å²) in [7, 11) is 0. The minimum absolute atomic E-state index is 0.0346. The smallest absolute Gasteiger partial charge is 0.266 e. The molecule has 0 aliphatic carbocycles. The molecule has 1 saturated heterocycles. The lowest BCUT2D eigenvalue weighted by Crippen LogP contribution is -2.31. The number of benzene rings is 2. The predicted octanol–water partition coefficient (Wildman–Crippen LogP) is 5.89. The van der Waals surface area contributed by atoms with E-state index in [1.165, 1.54) is 11.8 Å². The van der Waals surface area contributed by atoms with E-state index in [-0.39, 0.29) is 5.91 Å². The van der Waals surface area contributed by atoms with Crippen molar-refractivity contribution in [2.75, 3.05) is 6.54 Å². The molecule has 0 saturated carbocycles. The van der Waals surface area contributed by atoms with Gasteiger partial charge in [0.05, 0.1) is 4.91 Å². The molecule has 6 heteroatoms. The van der Waals surface area contributed by atoms with E-state index < -0.39 is 0 Å². The molecule has 140 valence electrons. The summed E-state index contributed by atoms with van der Waals surface area (Å²) < 4.78 is 7.55. The van der Waals surface area contributed by atoms with E-state index in [1.54, 1.807) is 4.90 Å². The Hall–Kier alpha value is -1.63. The summed E-state index contributed by atoms with van der Waals surface area (Å²) in [6, 6.07) is 15.8. The van der Waals surface area contributed by atoms with Gasteiger partial charge in [-0.1, -0.05) is 84.1 Å². The molecule has 0 N–H and O–H groups in total. The number of nitrogens with zero attached hydrogens (tertiary/aromatic N) is 1. The van der Waals surface area contributed by atoms with Crippen molar-refractivity contribution in [3.63, 3.8) is 0 Å². The molecule has 2 aromatic carbocycles. The maximum Gasteiger partial charge on any atom is 0.266 e. The maximum absolute atomic E-state index is 12.7. The number of thioether (sulfide) groups is 1. The molecule has 3 rings (SSSR count). The highest BCUT2D eigenvalue weighted by atomic mass is 79.9. The van der Waals surface area contributed by atoms with Crippen LogP contribution < -0.4 is 4.74 Å². The zero-order valence-corrected chi connectivity index (χ0v) is 18.4. The third kappa shape index (κ3) is 5.21. The molecule has 0 bridgehead atoms. The SMILES string of the molecule is CC(C)CN1C(=O)/C(=C/c2cc(Br)ccc2OCc2ccccc2)SC1=S. The summed E-state index contributed by atoms with van der Waals surface area (Å²) >= 11 is 10.2. The van der Waals surface area contributed by atoms with E-state index >= 15 is 0 Å². The number of halogens is 1. The number of carbonyl (C=O) groups is 1. The van der Waals surface area contributed by atoms with E-state index in [4.69, 9.17) is 17.0 Å². The van der Waals surface area contributed by atoms with E-state index in [9.17, 15) is 4.79 Å². The van der Waals surface area contributed by atoms with E-state index in [1.807, 2.05) is 54.6 Å². The predicted molar refractivity (Wildman–Crippen MR) is 120 cm³/mol. The molecule has 0 aromatic heterocycles. The minimum Gasteiger partial charge on any atom is -0.488 e. The van der Waals surface area contributed by atoms with Gasteiger partial charge in [0, 0.05) is 16.6 Å². The molecule has 0 atom stereocenters. The van der Waals surface area contributed by atoms with Gasteiger partial charge in [-0.3, -0.25) is 9.69 Å². The molecule has 1 heterocycles. The van der Waals surface area contributed by atoms with E-state index in [2.05, 4.69) is 29.8 Å². The van der Waals surface area contributed by atoms with Gasteiger partial charge in [0.1, 0.15) is 16.7 Å². The lowest BCUT2D eigenvalue weighted by Gasteiger charge is -2.16. The molecule has 0 radical (unpaired) electrons. The summed E-state index contributed by atoms with van der Waals surface area (Å²) in [5, 5.41) is 0. The van der Waals surface area contributed by atoms with Crippen LogP contribution in [0.2, 0.25) is 0 Å². The molecular formula is C21H20BrNO2S2. The highest BCUT2D eigenvalue weighted by molar-refractivity contribution is 9.10. The van der Waals surface area contributed by atoms with Crippen LogP contribution in [0.25, 0.3) is 6.08 Å². The van der Waals surface area contributed by atoms with Crippen LogP contribution in [0.1, 0.15) is 25.0 Å². The van der Waals surface area contributed by atoms with E-state index in [0.717, 1.165) is 21.3 Å². The van der Waals surface area contributed by atoms with Gasteiger partial charge in [-0.2, -0.15) is 0 Å². The maximum atomic E-state index is 12.7. The molecule has 0 unspecified atom stereocenters. The zero-order valence-electron chi connectivity index (χ0n) is 15.1. The molecule has 1 amide bonds. The fourth-order valence-electron chi connectivity index (χ4n) is 2.66. The Labute approximate surface area is 177 Å². The monoisotopic (exact) mass is 461 g/mol. The van der Waals surface area contributed by atoms with Crippen molar-refractivity contribution in [3.8, 4) is 5.75 Å². The Morgan fingerprint density at radius 1 is 1.22 bits per heavy atom. The normalized spacial score (nSPS) is 15.9. The van der Waals surface area contributed by atoms with Gasteiger partial charge in [-0.25, -0.2) is 0 Å². The van der Waals surface area contributed by atoms with Gasteiger partial charge in [0.2, 0.25) is 0 Å². The number of carbonyl (C=O) groups excluding carboxylic acids is 1. The first-order valence-electron chi connectivity index (χ1n) is 8.65. The summed E-state index contributed by atoms with van der Waals surface area (Å²) in [6.45, 7) is 5.26. The molecule has 2 aromatic rings. The summed E-state index contributed by atoms with van der Waals surface area (Å²) in [6.07, 6.45) is 1.87. The Kier molecular flexibility index (Phi) is 6.73. The van der Waals surface area contributed by atoms with Crippen molar-refractivity contribution < 1.29 is 9.53 Å². The zero-order chi connectivity index (χ0) is 19.4. The van der Waals surface area contributed by atoms with Crippen molar-refractivity contribution in [1.82, 2.24) is 4.90 Å². The highest BCUT2D eigenvalue weighted by Gasteiger charge is 2.32. The first-order chi connectivity index (χ1) is 12.9. The van der Waals surface area contributed by atoms with Crippen molar-refractivity contribution in [2.24, 2.45) is 5.92 Å². The minimum atomic E-state index is -0.0346. The Balaban J connectivity index is 1.83. The van der Waals surface area contributed by atoms with Crippen LogP contribution in [0, 0.1) is 5.92 Å². The average molecular weight is 462 g/mol. The molecular weight excluding hydrogens is 442 g/mol. The number of amides is 1. The Morgan fingerprint density at radius 3 is 2.67 bits per heavy atom. The number of ether oxygens (including phenoxy) is 1. The summed E-state index contributed by atoms with van der Waals surface area (Å²) in [5.41, 5.74) is 1.94. The van der Waals surface area contributed by atoms with Gasteiger partial charge < -0.3 is 4.74 Å². The molecule has 1 aliphatic heterocycles. The van der Waals surface area contributed by atoms with Crippen LogP contribution >= 0.6 is 39.9 Å². The molecule has 1 aliphatic rings. The quantitative estimate of drug-likeness (QED) is 0.396. The lowest BCUT2D eigenvalue weighted by atomic mass is 10.1. The fourth-order valence-corrected chi connectivity index (χ4v) is 4.31. The fraction of sp³-hybridized carbons (Fsp3) is 0.238. The van der Waals surface area contributed by atoms with Crippen molar-refractivity contribution in [1.29, 1.82) is 0 Å². The van der Waals surface area contributed by atoms with Gasteiger partial charge in [-0.15, -0.1) is 0 Å². The van der Waals surface area contributed by atoms with Gasteiger partial charge in [0.15, 0.2) is 0 Å². The molecule has 0 spiro atoms. The van der Waals surface area contributed by atoms with Crippen molar-refractivity contribution in [2.45, 2.75) is 20.5 Å². The Bertz CT molecular complexity index is 881. The van der Waals surface area contributed by atoms with Gasteiger partial charge in [0.25, 0.3) is 5.91 Å². The summed E-state index contributed by atoms with van der Waals surface area (Å²) in [4.78, 5) is 15.0. The molecule has 3 nitrogen and oxygen atoms in total. The van der Waals surface area contributed by atoms with Crippen molar-refractivity contribution in [3.05, 3.63) is 69.0 Å². The number of hydrogen-bond donors (Lipinski definition) is 0. The van der Waals surface area contributed by atoms with Crippen LogP contribution in [0.15, 0.2) is 57.9 Å². The third-order valence-electron chi connectivity index (χ3n) is 3.92. The second-order valence-electron chi connectivity index (χ2n) is 6.64. The van der Waals surface area contributed by atoms with Crippen LogP contribution in [0.3, 0.4) is 0 Å². The van der Waals surface area contributed by atoms with Crippen molar-refractivity contribution >= 4 is 56.2 Å². The van der Waals surface area contributed by atoms with Crippen LogP contribution in [-0.4, -0.2) is 21.7 Å². The summed E-state index contributed by atoms with van der Waals surface area (Å²) in [5.74, 6) is 1.06. The largest absolute Gasteiger partial charge is 0.488 e. The second kappa shape index (κ2) is 9.04. The van der Waals surface area contributed by atoms with E-state index in [0.29, 0.717) is 28.3 Å². The average Bonchev–Trinajstić information content (AvgIpc) is 2.89. The standard InChI is InChI=1S/C21H20BrNO2S2/c1-14(2)12-23-20(24)19(27-21(23)26)11-16-10-17(22)8-9-18(16)25-13-15-6-4-3-5-7-15/h3-11,14H,12-13H2,1-2H3/b19-11-. The second-order valence-corrected chi connectivity index (χ2v) is 9.23. The Morgan fingerprint density at radius 2 is 1.96 bits per heavy atom. The number of thiocarbonyl (C=S) groups is 1. The number of rotatable bonds is 6. The highest BCUT2D eigenvalue weighted by Crippen LogP contribution is 2.35. The molecule has 27 heavy (non-hydrogen) atoms. The number of hydrogen-bond acceptors (Lipinski definition) is 4. The van der Waals surface area contributed by atoms with Crippen LogP contribution in [0.4, 0.5) is 0 Å². The van der Waals surface area contributed by atoms with Gasteiger partial charge in [-0.05, 0) is 35.8 Å². The first-order valence-corrected chi connectivity index (χ1v) is 10.7. The third-order valence-corrected chi connectivity index (χ3v) is 5.79. The first kappa shape index (κ1) is 20.1. The lowest BCUT2D eigenvalue weighted by molar-refractivity contribution is -0.122. The van der Waals surface area contributed by atoms with Gasteiger partial charge >= 0.3 is 0 Å².